The summed E-state index contributed by atoms with van der Waals surface area (Å²) in [6.07, 6.45) is -1.10. The quantitative estimate of drug-likeness (QED) is 0.467. The second kappa shape index (κ2) is 9.33. The van der Waals surface area contributed by atoms with E-state index in [1.54, 1.807) is 18.1 Å². The number of benzodiazepines with no additional fused rings is 1. The summed E-state index contributed by atoms with van der Waals surface area (Å²) in [7, 11) is 1.59. The molecule has 3 aromatic carbocycles. The van der Waals surface area contributed by atoms with E-state index < -0.39 is 12.1 Å². The lowest BCUT2D eigenvalue weighted by Gasteiger charge is -2.25. The fraction of sp³-hybridized carbons (Fsp3) is 0.148. The molecule has 1 atom stereocenters. The number of aromatic nitrogens is 1. The van der Waals surface area contributed by atoms with Crippen LogP contribution in [0.5, 0.6) is 0 Å². The first-order valence-electron chi connectivity index (χ1n) is 11.1. The number of aliphatic imine (C=N–C) groups is 1. The molecule has 0 bridgehead atoms. The van der Waals surface area contributed by atoms with Crippen molar-refractivity contribution in [3.05, 3.63) is 102 Å². The molecule has 170 valence electrons. The number of fused-ring (bicyclic) bond motifs is 2. The number of aromatic amines is 1. The van der Waals surface area contributed by atoms with Crippen molar-refractivity contribution in [2.45, 2.75) is 6.17 Å². The van der Waals surface area contributed by atoms with Crippen molar-refractivity contribution >= 4 is 34.1 Å². The minimum absolute atomic E-state index is 0.320. The van der Waals surface area contributed by atoms with Crippen LogP contribution in [0.3, 0.4) is 0 Å². The van der Waals surface area contributed by atoms with Crippen molar-refractivity contribution in [2.24, 2.45) is 4.99 Å². The summed E-state index contributed by atoms with van der Waals surface area (Å²) in [5.41, 5.74) is 4.28. The molecular weight excluding hydrogens is 428 g/mol. The van der Waals surface area contributed by atoms with Crippen molar-refractivity contribution in [1.82, 2.24) is 10.3 Å². The second-order valence-corrected chi connectivity index (χ2v) is 7.99. The van der Waals surface area contributed by atoms with Crippen molar-refractivity contribution in [3.8, 4) is 0 Å². The van der Waals surface area contributed by atoms with Gasteiger partial charge in [-0.25, -0.2) is 4.99 Å². The van der Waals surface area contributed by atoms with Gasteiger partial charge in [0.25, 0.3) is 11.8 Å². The molecule has 2 amide bonds. The maximum absolute atomic E-state index is 13.7. The van der Waals surface area contributed by atoms with Crippen LogP contribution in [0.2, 0.25) is 0 Å². The second-order valence-electron chi connectivity index (χ2n) is 7.99. The SMILES string of the molecule is COCCN1C(=O)C(NC(=O)c2cc3ccccc3[nH]2)N=C(c2ccccc2)c2ccccc21. The van der Waals surface area contributed by atoms with Gasteiger partial charge >= 0.3 is 0 Å². The Morgan fingerprint density at radius 3 is 2.56 bits per heavy atom. The van der Waals surface area contributed by atoms with Crippen molar-refractivity contribution in [1.29, 1.82) is 0 Å². The number of carbonyl (C=O) groups excluding carboxylic acids is 2. The zero-order chi connectivity index (χ0) is 23.5. The van der Waals surface area contributed by atoms with Gasteiger partial charge in [0.05, 0.1) is 18.0 Å². The first kappa shape index (κ1) is 21.6. The highest BCUT2D eigenvalue weighted by Gasteiger charge is 2.33. The van der Waals surface area contributed by atoms with E-state index in [9.17, 15) is 9.59 Å². The number of para-hydroxylation sites is 2. The van der Waals surface area contributed by atoms with Gasteiger partial charge in [-0.05, 0) is 18.2 Å². The van der Waals surface area contributed by atoms with E-state index in [0.717, 1.165) is 27.7 Å². The van der Waals surface area contributed by atoms with Crippen LogP contribution in [-0.2, 0) is 9.53 Å². The molecular formula is C27H24N4O3. The van der Waals surface area contributed by atoms with E-state index in [1.165, 1.54) is 0 Å². The van der Waals surface area contributed by atoms with Gasteiger partial charge < -0.3 is 19.9 Å². The molecule has 7 nitrogen and oxygen atoms in total. The molecule has 2 N–H and O–H groups in total. The maximum Gasteiger partial charge on any atom is 0.272 e. The van der Waals surface area contributed by atoms with Crippen LogP contribution >= 0.6 is 0 Å². The maximum atomic E-state index is 13.7. The number of H-pyrrole nitrogens is 1. The van der Waals surface area contributed by atoms with E-state index in [4.69, 9.17) is 9.73 Å². The number of benzene rings is 3. The zero-order valence-electron chi connectivity index (χ0n) is 18.7. The number of ether oxygens (including phenoxy) is 1. The molecule has 1 aromatic heterocycles. The van der Waals surface area contributed by atoms with Gasteiger partial charge in [0, 0.05) is 35.7 Å². The number of hydrogen-bond acceptors (Lipinski definition) is 4. The van der Waals surface area contributed by atoms with E-state index in [-0.39, 0.29) is 5.91 Å². The lowest BCUT2D eigenvalue weighted by atomic mass is 10.0. The van der Waals surface area contributed by atoms with E-state index in [2.05, 4.69) is 10.3 Å². The third-order valence-corrected chi connectivity index (χ3v) is 5.82. The predicted octanol–water partition coefficient (Wildman–Crippen LogP) is 3.75. The minimum atomic E-state index is -1.10. The van der Waals surface area contributed by atoms with Crippen molar-refractivity contribution in [2.75, 3.05) is 25.2 Å². The number of nitrogens with one attached hydrogen (secondary N) is 2. The lowest BCUT2D eigenvalue weighted by molar-refractivity contribution is -0.120. The Kier molecular flexibility index (Phi) is 5.93. The number of hydrogen-bond donors (Lipinski definition) is 2. The summed E-state index contributed by atoms with van der Waals surface area (Å²) >= 11 is 0. The van der Waals surface area contributed by atoms with Crippen molar-refractivity contribution < 1.29 is 14.3 Å². The summed E-state index contributed by atoms with van der Waals surface area (Å²) in [6.45, 7) is 0.687. The van der Waals surface area contributed by atoms with E-state index in [1.807, 2.05) is 78.9 Å². The molecule has 1 aliphatic heterocycles. The molecule has 2 heterocycles. The van der Waals surface area contributed by atoms with Gasteiger partial charge in [0.1, 0.15) is 5.69 Å². The zero-order valence-corrected chi connectivity index (χ0v) is 18.7. The van der Waals surface area contributed by atoms with Gasteiger partial charge in [0.2, 0.25) is 6.17 Å². The van der Waals surface area contributed by atoms with Crippen LogP contribution in [0.1, 0.15) is 21.6 Å². The summed E-state index contributed by atoms with van der Waals surface area (Å²) in [4.78, 5) is 36.4. The Labute approximate surface area is 197 Å². The molecule has 4 aromatic rings. The molecule has 0 aliphatic carbocycles. The highest BCUT2D eigenvalue weighted by Crippen LogP contribution is 2.28. The minimum Gasteiger partial charge on any atom is -0.383 e. The molecule has 1 unspecified atom stereocenters. The largest absolute Gasteiger partial charge is 0.383 e. The van der Waals surface area contributed by atoms with Crippen LogP contribution in [0.15, 0.2) is 89.9 Å². The highest BCUT2D eigenvalue weighted by molar-refractivity contribution is 6.20. The number of rotatable bonds is 6. The Morgan fingerprint density at radius 1 is 1.03 bits per heavy atom. The van der Waals surface area contributed by atoms with Crippen LogP contribution in [0.4, 0.5) is 5.69 Å². The van der Waals surface area contributed by atoms with Gasteiger partial charge in [-0.15, -0.1) is 0 Å². The summed E-state index contributed by atoms with van der Waals surface area (Å²) < 4.78 is 5.26. The average Bonchev–Trinajstić information content (AvgIpc) is 3.28. The van der Waals surface area contributed by atoms with Gasteiger partial charge in [-0.3, -0.25) is 9.59 Å². The summed E-state index contributed by atoms with van der Waals surface area (Å²) in [6, 6.07) is 26.7. The summed E-state index contributed by atoms with van der Waals surface area (Å²) in [5.74, 6) is -0.719. The molecule has 0 saturated heterocycles. The molecule has 0 spiro atoms. The number of amides is 2. The van der Waals surface area contributed by atoms with Crippen LogP contribution in [0, 0.1) is 0 Å². The van der Waals surface area contributed by atoms with Gasteiger partial charge in [-0.2, -0.15) is 0 Å². The molecule has 0 radical (unpaired) electrons. The van der Waals surface area contributed by atoms with Crippen LogP contribution < -0.4 is 10.2 Å². The van der Waals surface area contributed by atoms with E-state index in [0.29, 0.717) is 24.6 Å². The Balaban J connectivity index is 1.57. The lowest BCUT2D eigenvalue weighted by Crippen LogP contribution is -2.48. The molecule has 34 heavy (non-hydrogen) atoms. The topological polar surface area (TPSA) is 86.8 Å². The monoisotopic (exact) mass is 452 g/mol. The number of carbonyl (C=O) groups is 2. The third-order valence-electron chi connectivity index (χ3n) is 5.82. The third kappa shape index (κ3) is 4.09. The normalized spacial score (nSPS) is 15.6. The highest BCUT2D eigenvalue weighted by atomic mass is 16.5. The molecule has 1 aliphatic rings. The standard InChI is InChI=1S/C27H24N4O3/c1-34-16-15-31-23-14-8-6-12-20(23)24(18-9-3-2-4-10-18)29-25(27(31)33)30-26(32)22-17-19-11-5-7-13-21(19)28-22/h2-14,17,25,28H,15-16H2,1H3,(H,30,32). The first-order chi connectivity index (χ1) is 16.7. The van der Waals surface area contributed by atoms with Crippen molar-refractivity contribution in [3.63, 3.8) is 0 Å². The molecule has 7 heteroatoms. The fourth-order valence-corrected chi connectivity index (χ4v) is 4.16. The van der Waals surface area contributed by atoms with Gasteiger partial charge in [0.15, 0.2) is 0 Å². The average molecular weight is 453 g/mol. The summed E-state index contributed by atoms with van der Waals surface area (Å²) in [5, 5.41) is 3.76. The molecule has 0 saturated carbocycles. The Bertz CT molecular complexity index is 1340. The van der Waals surface area contributed by atoms with E-state index >= 15 is 0 Å². The molecule has 5 rings (SSSR count). The van der Waals surface area contributed by atoms with Crippen LogP contribution in [0.25, 0.3) is 10.9 Å². The number of anilines is 1. The smallest absolute Gasteiger partial charge is 0.272 e. The number of methoxy groups -OCH3 is 1. The Morgan fingerprint density at radius 2 is 1.76 bits per heavy atom. The predicted molar refractivity (Wildman–Crippen MR) is 132 cm³/mol. The first-order valence-corrected chi connectivity index (χ1v) is 11.1. The molecule has 0 fully saturated rings. The van der Waals surface area contributed by atoms with Gasteiger partial charge in [-0.1, -0.05) is 66.7 Å². The fourth-order valence-electron chi connectivity index (χ4n) is 4.16. The Hall–Kier alpha value is -4.23. The number of nitrogens with zero attached hydrogens (tertiary/aromatic N) is 2. The van der Waals surface area contributed by atoms with Crippen LogP contribution in [-0.4, -0.2) is 48.9 Å².